The summed E-state index contributed by atoms with van der Waals surface area (Å²) in [6.45, 7) is 5.93. The first-order valence-electron chi connectivity index (χ1n) is 9.61. The monoisotopic (exact) mass is 393 g/mol. The standard InChI is InChI=1S/C19H28ClN5O2/c1-2-7-21-18(26)13-24-8-10-25(11-9-24)19(27)17-12-16(22-23-17)14-3-5-15(20)6-4-14/h3-6,16-17,22-23H,2,7-13H2,1H3,(H,21,26). The summed E-state index contributed by atoms with van der Waals surface area (Å²) in [4.78, 5) is 28.6. The molecule has 148 valence electrons. The summed E-state index contributed by atoms with van der Waals surface area (Å²) in [5, 5.41) is 3.60. The Morgan fingerprint density at radius 3 is 2.52 bits per heavy atom. The first-order valence-corrected chi connectivity index (χ1v) is 9.99. The van der Waals surface area contributed by atoms with E-state index in [0.29, 0.717) is 37.6 Å². The molecule has 0 aliphatic carbocycles. The first kappa shape index (κ1) is 20.1. The van der Waals surface area contributed by atoms with Crippen molar-refractivity contribution in [2.45, 2.75) is 31.8 Å². The third kappa shape index (κ3) is 5.42. The van der Waals surface area contributed by atoms with Crippen LogP contribution in [-0.4, -0.2) is 66.9 Å². The van der Waals surface area contributed by atoms with Crippen molar-refractivity contribution in [3.63, 3.8) is 0 Å². The second-order valence-electron chi connectivity index (χ2n) is 7.13. The van der Waals surface area contributed by atoms with Crippen LogP contribution in [0.2, 0.25) is 5.02 Å². The van der Waals surface area contributed by atoms with E-state index in [2.05, 4.69) is 21.1 Å². The smallest absolute Gasteiger partial charge is 0.241 e. The molecule has 3 N–H and O–H groups in total. The minimum atomic E-state index is -0.231. The Hall–Kier alpha value is -1.67. The summed E-state index contributed by atoms with van der Waals surface area (Å²) in [6.07, 6.45) is 1.65. The third-order valence-electron chi connectivity index (χ3n) is 5.10. The van der Waals surface area contributed by atoms with E-state index < -0.39 is 0 Å². The van der Waals surface area contributed by atoms with Crippen LogP contribution >= 0.6 is 11.6 Å². The van der Waals surface area contributed by atoms with Gasteiger partial charge in [0.15, 0.2) is 0 Å². The number of halogens is 1. The zero-order chi connectivity index (χ0) is 19.2. The number of rotatable bonds is 6. The highest BCUT2D eigenvalue weighted by atomic mass is 35.5. The lowest BCUT2D eigenvalue weighted by molar-refractivity contribution is -0.135. The summed E-state index contributed by atoms with van der Waals surface area (Å²) in [5.41, 5.74) is 7.46. The van der Waals surface area contributed by atoms with Crippen molar-refractivity contribution in [2.24, 2.45) is 0 Å². The number of amides is 2. The van der Waals surface area contributed by atoms with Crippen LogP contribution in [0, 0.1) is 0 Å². The number of carbonyl (C=O) groups excluding carboxylic acids is 2. The molecule has 0 saturated carbocycles. The topological polar surface area (TPSA) is 76.7 Å². The summed E-state index contributed by atoms with van der Waals surface area (Å²) >= 11 is 5.94. The molecule has 27 heavy (non-hydrogen) atoms. The highest BCUT2D eigenvalue weighted by molar-refractivity contribution is 6.30. The van der Waals surface area contributed by atoms with E-state index >= 15 is 0 Å². The summed E-state index contributed by atoms with van der Waals surface area (Å²) in [6, 6.07) is 7.56. The van der Waals surface area contributed by atoms with Gasteiger partial charge in [-0.2, -0.15) is 0 Å². The molecule has 2 aliphatic rings. The lowest BCUT2D eigenvalue weighted by Gasteiger charge is -2.35. The van der Waals surface area contributed by atoms with Gasteiger partial charge in [-0.25, -0.2) is 10.9 Å². The second-order valence-corrected chi connectivity index (χ2v) is 7.57. The summed E-state index contributed by atoms with van der Waals surface area (Å²) in [7, 11) is 0. The average molecular weight is 394 g/mol. The van der Waals surface area contributed by atoms with Crippen LogP contribution in [0.3, 0.4) is 0 Å². The van der Waals surface area contributed by atoms with Crippen LogP contribution in [-0.2, 0) is 9.59 Å². The van der Waals surface area contributed by atoms with Gasteiger partial charge in [0.25, 0.3) is 0 Å². The fraction of sp³-hybridized carbons (Fsp3) is 0.579. The van der Waals surface area contributed by atoms with Gasteiger partial charge in [0.1, 0.15) is 6.04 Å². The van der Waals surface area contributed by atoms with E-state index in [1.54, 1.807) is 0 Å². The molecule has 0 bridgehead atoms. The number of hydrogen-bond acceptors (Lipinski definition) is 5. The van der Waals surface area contributed by atoms with Crippen molar-refractivity contribution in [3.05, 3.63) is 34.9 Å². The van der Waals surface area contributed by atoms with Crippen molar-refractivity contribution in [2.75, 3.05) is 39.3 Å². The minimum absolute atomic E-state index is 0.0593. The van der Waals surface area contributed by atoms with Gasteiger partial charge in [-0.3, -0.25) is 14.5 Å². The van der Waals surface area contributed by atoms with Crippen LogP contribution in [0.4, 0.5) is 0 Å². The fourth-order valence-corrected chi connectivity index (χ4v) is 3.63. The van der Waals surface area contributed by atoms with E-state index in [1.807, 2.05) is 36.1 Å². The van der Waals surface area contributed by atoms with Crippen LogP contribution in [0.1, 0.15) is 31.4 Å². The van der Waals surface area contributed by atoms with Gasteiger partial charge in [-0.05, 0) is 30.5 Å². The number of benzene rings is 1. The van der Waals surface area contributed by atoms with E-state index in [0.717, 1.165) is 25.1 Å². The minimum Gasteiger partial charge on any atom is -0.355 e. The predicted molar refractivity (Wildman–Crippen MR) is 105 cm³/mol. The van der Waals surface area contributed by atoms with Gasteiger partial charge >= 0.3 is 0 Å². The van der Waals surface area contributed by atoms with Crippen molar-refractivity contribution < 1.29 is 9.59 Å². The SMILES string of the molecule is CCCNC(=O)CN1CCN(C(=O)C2CC(c3ccc(Cl)cc3)NN2)CC1. The number of hydrogen-bond donors (Lipinski definition) is 3. The number of piperazine rings is 1. The quantitative estimate of drug-likeness (QED) is 0.670. The molecule has 2 saturated heterocycles. The molecule has 2 amide bonds. The third-order valence-corrected chi connectivity index (χ3v) is 5.35. The predicted octanol–water partition coefficient (Wildman–Crippen LogP) is 0.918. The van der Waals surface area contributed by atoms with E-state index in [-0.39, 0.29) is 23.9 Å². The zero-order valence-corrected chi connectivity index (χ0v) is 16.5. The summed E-state index contributed by atoms with van der Waals surface area (Å²) in [5.74, 6) is 0.179. The molecule has 2 fully saturated rings. The van der Waals surface area contributed by atoms with Crippen LogP contribution in [0.15, 0.2) is 24.3 Å². The van der Waals surface area contributed by atoms with Crippen LogP contribution < -0.4 is 16.2 Å². The molecule has 0 radical (unpaired) electrons. The molecular weight excluding hydrogens is 366 g/mol. The summed E-state index contributed by atoms with van der Waals surface area (Å²) < 4.78 is 0. The maximum Gasteiger partial charge on any atom is 0.241 e. The molecule has 1 aromatic carbocycles. The maximum absolute atomic E-state index is 12.8. The zero-order valence-electron chi connectivity index (χ0n) is 15.7. The van der Waals surface area contributed by atoms with Gasteiger partial charge in [-0.1, -0.05) is 30.7 Å². The van der Waals surface area contributed by atoms with E-state index in [1.165, 1.54) is 0 Å². The van der Waals surface area contributed by atoms with Gasteiger partial charge in [0.05, 0.1) is 6.54 Å². The van der Waals surface area contributed by atoms with Gasteiger partial charge in [0.2, 0.25) is 11.8 Å². The Bertz CT molecular complexity index is 646. The van der Waals surface area contributed by atoms with Crippen molar-refractivity contribution >= 4 is 23.4 Å². The van der Waals surface area contributed by atoms with Gasteiger partial charge < -0.3 is 10.2 Å². The normalized spacial score (nSPS) is 23.4. The second kappa shape index (κ2) is 9.50. The Labute approximate surface area is 165 Å². The largest absolute Gasteiger partial charge is 0.355 e. The Morgan fingerprint density at radius 2 is 1.85 bits per heavy atom. The number of carbonyl (C=O) groups is 2. The molecule has 3 rings (SSSR count). The van der Waals surface area contributed by atoms with Crippen LogP contribution in [0.5, 0.6) is 0 Å². The van der Waals surface area contributed by atoms with Gasteiger partial charge in [0, 0.05) is 43.8 Å². The highest BCUT2D eigenvalue weighted by Crippen LogP contribution is 2.24. The lowest BCUT2D eigenvalue weighted by atomic mass is 10.0. The first-order chi connectivity index (χ1) is 13.1. The molecule has 1 aromatic rings. The Morgan fingerprint density at radius 1 is 1.15 bits per heavy atom. The number of nitrogens with one attached hydrogen (secondary N) is 3. The average Bonchev–Trinajstić information content (AvgIpc) is 3.17. The van der Waals surface area contributed by atoms with Crippen LogP contribution in [0.25, 0.3) is 0 Å². The Balaban J connectivity index is 1.44. The molecule has 2 unspecified atom stereocenters. The molecule has 2 aliphatic heterocycles. The lowest BCUT2D eigenvalue weighted by Crippen LogP contribution is -2.54. The van der Waals surface area contributed by atoms with E-state index in [9.17, 15) is 9.59 Å². The fourth-order valence-electron chi connectivity index (χ4n) is 3.50. The number of hydrazine groups is 1. The van der Waals surface area contributed by atoms with Crippen molar-refractivity contribution in [3.8, 4) is 0 Å². The van der Waals surface area contributed by atoms with Crippen molar-refractivity contribution in [1.29, 1.82) is 0 Å². The number of nitrogens with zero attached hydrogens (tertiary/aromatic N) is 2. The molecule has 0 spiro atoms. The molecule has 2 heterocycles. The van der Waals surface area contributed by atoms with Gasteiger partial charge in [-0.15, -0.1) is 0 Å². The maximum atomic E-state index is 12.8. The van der Waals surface area contributed by atoms with Crippen molar-refractivity contribution in [1.82, 2.24) is 26.0 Å². The molecule has 2 atom stereocenters. The van der Waals surface area contributed by atoms with E-state index in [4.69, 9.17) is 11.6 Å². The molecular formula is C19H28ClN5O2. The Kier molecular flexibility index (Phi) is 7.07. The molecule has 7 nitrogen and oxygen atoms in total. The molecule has 0 aromatic heterocycles. The highest BCUT2D eigenvalue weighted by Gasteiger charge is 2.34. The molecule has 8 heteroatoms.